The fraction of sp³-hybridized carbons (Fsp3) is 0.333. The minimum absolute atomic E-state index is 0.245. The summed E-state index contributed by atoms with van der Waals surface area (Å²) in [5.74, 6) is -0.388. The number of rotatable bonds is 4. The van der Waals surface area contributed by atoms with Crippen LogP contribution in [0.15, 0.2) is 30.3 Å². The molecule has 0 bridgehead atoms. The monoisotopic (exact) mass is 204 g/mol. The van der Waals surface area contributed by atoms with E-state index >= 15 is 0 Å². The van der Waals surface area contributed by atoms with E-state index in [-0.39, 0.29) is 12.6 Å². The molecule has 0 radical (unpaired) electrons. The fourth-order valence-corrected chi connectivity index (χ4v) is 1.37. The first-order valence-corrected chi connectivity index (χ1v) is 4.94. The number of ether oxygens (including phenoxy) is 1. The third-order valence-corrected chi connectivity index (χ3v) is 2.63. The molecule has 78 valence electrons. The molecular formula is C12H12O3. The van der Waals surface area contributed by atoms with Gasteiger partial charge in [0.25, 0.3) is 0 Å². The first kappa shape index (κ1) is 9.90. The van der Waals surface area contributed by atoms with Crippen molar-refractivity contribution in [1.29, 1.82) is 0 Å². The Bertz CT molecular complexity index is 366. The molecule has 0 N–H and O–H groups in total. The van der Waals surface area contributed by atoms with Gasteiger partial charge in [0.15, 0.2) is 0 Å². The van der Waals surface area contributed by atoms with Crippen LogP contribution in [0, 0.1) is 5.41 Å². The van der Waals surface area contributed by atoms with Crippen LogP contribution in [0.5, 0.6) is 0 Å². The van der Waals surface area contributed by atoms with Gasteiger partial charge < -0.3 is 9.53 Å². The molecule has 0 heterocycles. The smallest absolute Gasteiger partial charge is 0.319 e. The maximum Gasteiger partial charge on any atom is 0.319 e. The highest BCUT2D eigenvalue weighted by Crippen LogP contribution is 2.44. The van der Waals surface area contributed by atoms with Crippen molar-refractivity contribution < 1.29 is 14.3 Å². The molecule has 1 saturated carbocycles. The van der Waals surface area contributed by atoms with E-state index in [1.807, 2.05) is 30.3 Å². The largest absolute Gasteiger partial charge is 0.460 e. The number of hydrogen-bond donors (Lipinski definition) is 0. The van der Waals surface area contributed by atoms with Gasteiger partial charge in [-0.3, -0.25) is 4.79 Å². The van der Waals surface area contributed by atoms with E-state index in [0.29, 0.717) is 19.1 Å². The summed E-state index contributed by atoms with van der Waals surface area (Å²) >= 11 is 0. The summed E-state index contributed by atoms with van der Waals surface area (Å²) < 4.78 is 5.08. The zero-order valence-corrected chi connectivity index (χ0v) is 8.31. The van der Waals surface area contributed by atoms with Crippen LogP contribution in [0.4, 0.5) is 0 Å². The third-order valence-electron chi connectivity index (χ3n) is 2.63. The summed E-state index contributed by atoms with van der Waals surface area (Å²) in [6.45, 7) is 0.245. The Labute approximate surface area is 88.1 Å². The van der Waals surface area contributed by atoms with Gasteiger partial charge in [0, 0.05) is 0 Å². The van der Waals surface area contributed by atoms with Gasteiger partial charge >= 0.3 is 5.97 Å². The molecular weight excluding hydrogens is 192 g/mol. The lowest BCUT2D eigenvalue weighted by Gasteiger charge is -2.07. The van der Waals surface area contributed by atoms with Gasteiger partial charge in [-0.15, -0.1) is 0 Å². The average Bonchev–Trinajstić information content (AvgIpc) is 3.08. The van der Waals surface area contributed by atoms with Crippen molar-refractivity contribution in [2.45, 2.75) is 19.4 Å². The first-order chi connectivity index (χ1) is 7.27. The van der Waals surface area contributed by atoms with Crippen molar-refractivity contribution in [3.05, 3.63) is 35.9 Å². The number of benzene rings is 1. The molecule has 0 unspecified atom stereocenters. The molecule has 0 saturated heterocycles. The molecule has 2 rings (SSSR count). The van der Waals surface area contributed by atoms with Crippen molar-refractivity contribution in [2.75, 3.05) is 0 Å². The van der Waals surface area contributed by atoms with Crippen LogP contribution in [0.1, 0.15) is 18.4 Å². The SMILES string of the molecule is O=CC1(C(=O)OCc2ccccc2)CC1. The zero-order valence-electron chi connectivity index (χ0n) is 8.31. The van der Waals surface area contributed by atoms with E-state index in [0.717, 1.165) is 5.56 Å². The molecule has 0 aliphatic heterocycles. The molecule has 15 heavy (non-hydrogen) atoms. The second kappa shape index (κ2) is 3.85. The number of carbonyl (C=O) groups excluding carboxylic acids is 2. The number of aldehydes is 1. The van der Waals surface area contributed by atoms with Crippen LogP contribution in [0.25, 0.3) is 0 Å². The van der Waals surface area contributed by atoms with Crippen LogP contribution >= 0.6 is 0 Å². The minimum atomic E-state index is -0.811. The van der Waals surface area contributed by atoms with Crippen LogP contribution in [0.2, 0.25) is 0 Å². The van der Waals surface area contributed by atoms with Crippen molar-refractivity contribution in [3.8, 4) is 0 Å². The molecule has 0 aromatic heterocycles. The van der Waals surface area contributed by atoms with E-state index in [1.165, 1.54) is 0 Å². The lowest BCUT2D eigenvalue weighted by atomic mass is 10.1. The molecule has 1 aromatic carbocycles. The summed E-state index contributed by atoms with van der Waals surface area (Å²) in [6, 6.07) is 9.44. The molecule has 3 heteroatoms. The Morgan fingerprint density at radius 1 is 1.33 bits per heavy atom. The number of hydrogen-bond acceptors (Lipinski definition) is 3. The molecule has 0 atom stereocenters. The molecule has 1 aromatic rings. The van der Waals surface area contributed by atoms with E-state index in [2.05, 4.69) is 0 Å². The summed E-state index contributed by atoms with van der Waals surface area (Å²) in [5.41, 5.74) is 0.127. The highest BCUT2D eigenvalue weighted by atomic mass is 16.5. The van der Waals surface area contributed by atoms with E-state index in [9.17, 15) is 9.59 Å². The van der Waals surface area contributed by atoms with Gasteiger partial charge in [0.05, 0.1) is 0 Å². The lowest BCUT2D eigenvalue weighted by Crippen LogP contribution is -2.20. The van der Waals surface area contributed by atoms with Gasteiger partial charge in [0.2, 0.25) is 0 Å². The topological polar surface area (TPSA) is 43.4 Å². The summed E-state index contributed by atoms with van der Waals surface area (Å²) in [6.07, 6.45) is 1.97. The minimum Gasteiger partial charge on any atom is -0.460 e. The third kappa shape index (κ3) is 2.06. The summed E-state index contributed by atoms with van der Waals surface area (Å²) in [7, 11) is 0. The fourth-order valence-electron chi connectivity index (χ4n) is 1.37. The molecule has 1 aliphatic carbocycles. The summed E-state index contributed by atoms with van der Waals surface area (Å²) in [5, 5.41) is 0. The molecule has 1 aliphatic rings. The van der Waals surface area contributed by atoms with Crippen LogP contribution < -0.4 is 0 Å². The maximum atomic E-state index is 11.5. The number of carbonyl (C=O) groups is 2. The van der Waals surface area contributed by atoms with E-state index in [4.69, 9.17) is 4.74 Å². The molecule has 0 spiro atoms. The Kier molecular flexibility index (Phi) is 2.54. The highest BCUT2D eigenvalue weighted by Gasteiger charge is 2.51. The first-order valence-electron chi connectivity index (χ1n) is 4.94. The molecule has 1 fully saturated rings. The zero-order chi connectivity index (χ0) is 10.7. The van der Waals surface area contributed by atoms with Crippen molar-refractivity contribution in [3.63, 3.8) is 0 Å². The Balaban J connectivity index is 1.89. The van der Waals surface area contributed by atoms with Crippen molar-refractivity contribution in [1.82, 2.24) is 0 Å². The van der Waals surface area contributed by atoms with E-state index in [1.54, 1.807) is 0 Å². The standard InChI is InChI=1S/C12H12O3/c13-9-12(6-7-12)11(14)15-8-10-4-2-1-3-5-10/h1-5,9H,6-8H2. The second-order valence-corrected chi connectivity index (χ2v) is 3.84. The molecule has 3 nitrogen and oxygen atoms in total. The predicted octanol–water partition coefficient (Wildman–Crippen LogP) is 1.71. The van der Waals surface area contributed by atoms with Crippen molar-refractivity contribution in [2.24, 2.45) is 5.41 Å². The second-order valence-electron chi connectivity index (χ2n) is 3.84. The average molecular weight is 204 g/mol. The highest BCUT2D eigenvalue weighted by molar-refractivity contribution is 5.96. The Morgan fingerprint density at radius 3 is 2.53 bits per heavy atom. The Hall–Kier alpha value is -1.64. The maximum absolute atomic E-state index is 11.5. The van der Waals surface area contributed by atoms with Gasteiger partial charge in [-0.25, -0.2) is 0 Å². The van der Waals surface area contributed by atoms with Crippen LogP contribution in [-0.2, 0) is 20.9 Å². The summed E-state index contributed by atoms with van der Waals surface area (Å²) in [4.78, 5) is 22.1. The lowest BCUT2D eigenvalue weighted by molar-refractivity contribution is -0.152. The van der Waals surface area contributed by atoms with Crippen LogP contribution in [-0.4, -0.2) is 12.3 Å². The van der Waals surface area contributed by atoms with Gasteiger partial charge in [-0.05, 0) is 18.4 Å². The van der Waals surface area contributed by atoms with Gasteiger partial charge in [-0.1, -0.05) is 30.3 Å². The quantitative estimate of drug-likeness (QED) is 0.426. The number of esters is 1. The van der Waals surface area contributed by atoms with Crippen LogP contribution in [0.3, 0.4) is 0 Å². The van der Waals surface area contributed by atoms with E-state index < -0.39 is 5.41 Å². The predicted molar refractivity (Wildman–Crippen MR) is 54.0 cm³/mol. The van der Waals surface area contributed by atoms with Crippen molar-refractivity contribution >= 4 is 12.3 Å². The van der Waals surface area contributed by atoms with Gasteiger partial charge in [0.1, 0.15) is 18.3 Å². The normalized spacial score (nSPS) is 16.8. The van der Waals surface area contributed by atoms with Gasteiger partial charge in [-0.2, -0.15) is 0 Å². The molecule has 0 amide bonds. The Morgan fingerprint density at radius 2 is 2.00 bits per heavy atom.